The van der Waals surface area contributed by atoms with Gasteiger partial charge in [0.05, 0.1) is 37.5 Å². The highest BCUT2D eigenvalue weighted by Crippen LogP contribution is 2.43. The number of carbonyl (C=O) groups excluding carboxylic acids is 1. The molecule has 1 aliphatic carbocycles. The van der Waals surface area contributed by atoms with Crippen LogP contribution in [0.3, 0.4) is 0 Å². The highest BCUT2D eigenvalue weighted by molar-refractivity contribution is 5.83. The number of methoxy groups -OCH3 is 2. The summed E-state index contributed by atoms with van der Waals surface area (Å²) in [5.41, 5.74) is 2.59. The van der Waals surface area contributed by atoms with E-state index >= 15 is 0 Å². The molecule has 1 saturated carbocycles. The summed E-state index contributed by atoms with van der Waals surface area (Å²) in [6.45, 7) is 3.60. The first kappa shape index (κ1) is 24.7. The molecule has 0 spiro atoms. The number of rotatable bonds is 8. The first-order valence-corrected chi connectivity index (χ1v) is 12.8. The topological polar surface area (TPSA) is 97.9 Å². The smallest absolute Gasteiger partial charge is 0.310 e. The molecule has 1 unspecified atom stereocenters. The number of carbonyl (C=O) groups is 1. The number of hydrogen-bond acceptors (Lipinski definition) is 8. The van der Waals surface area contributed by atoms with Crippen molar-refractivity contribution in [3.05, 3.63) is 53.5 Å². The summed E-state index contributed by atoms with van der Waals surface area (Å²) in [4.78, 5) is 19.6. The average Bonchev–Trinajstić information content (AvgIpc) is 3.30. The summed E-state index contributed by atoms with van der Waals surface area (Å²) >= 11 is 0. The van der Waals surface area contributed by atoms with Gasteiger partial charge in [-0.2, -0.15) is 0 Å². The van der Waals surface area contributed by atoms with Crippen molar-refractivity contribution < 1.29 is 23.9 Å². The standard InChI is InChI=1S/C28H35N3O5/c1-17-12-27(36-30-17)19-13-20(14-19)31-11-9-18(24(16-31)28(33)35-3)4-7-26(32)22-8-10-29-25-6-5-21(34-2)15-23(22)25/h5-6,8,10,12,15,18-20,24,26,32H,4,7,9,11,13-14,16H2,1-3H3/t18-,19?,20?,24+,26?/m1/s1. The van der Waals surface area contributed by atoms with Gasteiger partial charge in [-0.15, -0.1) is 0 Å². The fraction of sp³-hybridized carbons (Fsp3) is 0.536. The molecule has 3 atom stereocenters. The van der Waals surface area contributed by atoms with Crippen LogP contribution in [-0.4, -0.2) is 59.5 Å². The molecule has 3 aromatic rings. The van der Waals surface area contributed by atoms with E-state index in [0.717, 1.165) is 65.9 Å². The van der Waals surface area contributed by atoms with E-state index in [1.807, 2.05) is 37.3 Å². The minimum atomic E-state index is -0.642. The Morgan fingerprint density at radius 2 is 2.08 bits per heavy atom. The molecule has 1 saturated heterocycles. The molecule has 8 heteroatoms. The number of fused-ring (bicyclic) bond motifs is 1. The number of hydrogen-bond donors (Lipinski definition) is 1. The van der Waals surface area contributed by atoms with Crippen molar-refractivity contribution in [2.24, 2.45) is 11.8 Å². The van der Waals surface area contributed by atoms with Crippen LogP contribution in [0.25, 0.3) is 10.9 Å². The fourth-order valence-electron chi connectivity index (χ4n) is 5.91. The number of nitrogens with zero attached hydrogens (tertiary/aromatic N) is 3. The summed E-state index contributed by atoms with van der Waals surface area (Å²) in [7, 11) is 3.10. The van der Waals surface area contributed by atoms with E-state index in [9.17, 15) is 9.90 Å². The van der Waals surface area contributed by atoms with Gasteiger partial charge in [0.2, 0.25) is 0 Å². The SMILES string of the molecule is COC(=O)[C@H]1CN(C2CC(c3cc(C)no3)C2)CC[C@H]1CCC(O)c1ccnc2ccc(OC)cc12. The number of esters is 1. The number of aliphatic hydroxyl groups is 1. The number of ether oxygens (including phenoxy) is 2. The van der Waals surface area contributed by atoms with E-state index in [0.29, 0.717) is 24.9 Å². The predicted octanol–water partition coefficient (Wildman–Crippen LogP) is 4.41. The molecule has 192 valence electrons. The van der Waals surface area contributed by atoms with Gasteiger partial charge in [-0.3, -0.25) is 14.7 Å². The lowest BCUT2D eigenvalue weighted by Gasteiger charge is -2.47. The summed E-state index contributed by atoms with van der Waals surface area (Å²) < 4.78 is 16.0. The molecule has 2 aliphatic rings. The average molecular weight is 494 g/mol. The molecule has 0 bridgehead atoms. The minimum absolute atomic E-state index is 0.153. The van der Waals surface area contributed by atoms with Crippen LogP contribution in [0.15, 0.2) is 41.1 Å². The molecule has 1 N–H and O–H groups in total. The minimum Gasteiger partial charge on any atom is -0.497 e. The Morgan fingerprint density at radius 1 is 1.25 bits per heavy atom. The van der Waals surface area contributed by atoms with E-state index in [2.05, 4.69) is 15.0 Å². The maximum Gasteiger partial charge on any atom is 0.310 e. The second kappa shape index (κ2) is 10.6. The molecule has 3 heterocycles. The number of aliphatic hydroxyl groups excluding tert-OH is 1. The number of pyridine rings is 1. The van der Waals surface area contributed by atoms with E-state index in [1.165, 1.54) is 7.11 Å². The van der Waals surface area contributed by atoms with Crippen LogP contribution in [0.2, 0.25) is 0 Å². The summed E-state index contributed by atoms with van der Waals surface area (Å²) in [5, 5.41) is 16.0. The number of aromatic nitrogens is 2. The largest absolute Gasteiger partial charge is 0.497 e. The van der Waals surface area contributed by atoms with Gasteiger partial charge in [0.25, 0.3) is 0 Å². The van der Waals surface area contributed by atoms with Crippen LogP contribution < -0.4 is 4.74 Å². The van der Waals surface area contributed by atoms with Gasteiger partial charge in [-0.25, -0.2) is 0 Å². The molecule has 36 heavy (non-hydrogen) atoms. The van der Waals surface area contributed by atoms with Gasteiger partial charge in [-0.1, -0.05) is 5.16 Å². The molecule has 2 fully saturated rings. The van der Waals surface area contributed by atoms with Crippen molar-refractivity contribution in [1.29, 1.82) is 0 Å². The highest BCUT2D eigenvalue weighted by atomic mass is 16.5. The Bertz CT molecular complexity index is 1200. The zero-order valence-electron chi connectivity index (χ0n) is 21.2. The first-order valence-electron chi connectivity index (χ1n) is 12.8. The first-order chi connectivity index (χ1) is 17.5. The van der Waals surface area contributed by atoms with Crippen LogP contribution in [0, 0.1) is 18.8 Å². The number of benzene rings is 1. The Hall–Kier alpha value is -2.97. The number of aryl methyl sites for hydroxylation is 1. The zero-order chi connectivity index (χ0) is 25.2. The second-order valence-corrected chi connectivity index (χ2v) is 10.2. The third-order valence-corrected chi connectivity index (χ3v) is 8.12. The van der Waals surface area contributed by atoms with Crippen LogP contribution in [0.4, 0.5) is 0 Å². The van der Waals surface area contributed by atoms with Gasteiger partial charge in [0.1, 0.15) is 11.5 Å². The Labute approximate surface area is 211 Å². The Kier molecular flexibility index (Phi) is 7.25. The molecule has 1 aromatic carbocycles. The molecule has 5 rings (SSSR count). The molecule has 0 amide bonds. The Morgan fingerprint density at radius 3 is 2.81 bits per heavy atom. The van der Waals surface area contributed by atoms with Crippen molar-refractivity contribution in [3.8, 4) is 5.75 Å². The van der Waals surface area contributed by atoms with Crippen LogP contribution in [0.1, 0.15) is 61.1 Å². The lowest BCUT2D eigenvalue weighted by molar-refractivity contribution is -0.151. The quantitative estimate of drug-likeness (QED) is 0.461. The molecule has 8 nitrogen and oxygen atoms in total. The van der Waals surface area contributed by atoms with Crippen molar-refractivity contribution >= 4 is 16.9 Å². The molecule has 0 radical (unpaired) electrons. The van der Waals surface area contributed by atoms with Gasteiger partial charge in [-0.05, 0) is 81.3 Å². The molecular formula is C28H35N3O5. The van der Waals surface area contributed by atoms with Crippen molar-refractivity contribution in [2.75, 3.05) is 27.3 Å². The summed E-state index contributed by atoms with van der Waals surface area (Å²) in [6.07, 6.45) is 5.40. The number of piperidine rings is 1. The monoisotopic (exact) mass is 493 g/mol. The van der Waals surface area contributed by atoms with Crippen LogP contribution in [-0.2, 0) is 9.53 Å². The summed E-state index contributed by atoms with van der Waals surface area (Å²) in [6, 6.07) is 10.0. The van der Waals surface area contributed by atoms with Gasteiger partial charge in [0.15, 0.2) is 0 Å². The van der Waals surface area contributed by atoms with Crippen molar-refractivity contribution in [2.45, 2.75) is 57.1 Å². The van der Waals surface area contributed by atoms with Crippen molar-refractivity contribution in [3.63, 3.8) is 0 Å². The van der Waals surface area contributed by atoms with E-state index in [4.69, 9.17) is 14.0 Å². The lowest BCUT2D eigenvalue weighted by atomic mass is 9.74. The number of likely N-dealkylation sites (tertiary alicyclic amines) is 1. The van der Waals surface area contributed by atoms with E-state index in [1.54, 1.807) is 13.3 Å². The third kappa shape index (κ3) is 4.97. The lowest BCUT2D eigenvalue weighted by Crippen LogP contribution is -2.52. The predicted molar refractivity (Wildman–Crippen MR) is 135 cm³/mol. The molecule has 1 aliphatic heterocycles. The highest BCUT2D eigenvalue weighted by Gasteiger charge is 2.42. The van der Waals surface area contributed by atoms with Gasteiger partial charge >= 0.3 is 5.97 Å². The van der Waals surface area contributed by atoms with Gasteiger partial charge in [0, 0.05) is 36.2 Å². The zero-order valence-corrected chi connectivity index (χ0v) is 21.2. The fourth-order valence-corrected chi connectivity index (χ4v) is 5.91. The summed E-state index contributed by atoms with van der Waals surface area (Å²) in [5.74, 6) is 1.96. The maximum atomic E-state index is 12.7. The van der Waals surface area contributed by atoms with E-state index < -0.39 is 6.10 Å². The normalized spacial score (nSPS) is 25.3. The third-order valence-electron chi connectivity index (χ3n) is 8.12. The maximum absolute atomic E-state index is 12.7. The second-order valence-electron chi connectivity index (χ2n) is 10.2. The van der Waals surface area contributed by atoms with E-state index in [-0.39, 0.29) is 17.8 Å². The van der Waals surface area contributed by atoms with Gasteiger partial charge < -0.3 is 19.1 Å². The Balaban J connectivity index is 1.21. The van der Waals surface area contributed by atoms with Crippen LogP contribution in [0.5, 0.6) is 5.75 Å². The van der Waals surface area contributed by atoms with Crippen LogP contribution >= 0.6 is 0 Å². The molecule has 2 aromatic heterocycles. The molecular weight excluding hydrogens is 458 g/mol. The van der Waals surface area contributed by atoms with Crippen molar-refractivity contribution in [1.82, 2.24) is 15.0 Å².